The van der Waals surface area contributed by atoms with Gasteiger partial charge in [0.25, 0.3) is 6.43 Å². The molecule has 0 saturated carbocycles. The minimum atomic E-state index is -2.34. The monoisotopic (exact) mass is 292 g/mol. The Kier molecular flexibility index (Phi) is 6.33. The number of hydrogen-bond acceptors (Lipinski definition) is 4. The van der Waals surface area contributed by atoms with Crippen LogP contribution in [0.2, 0.25) is 0 Å². The van der Waals surface area contributed by atoms with Crippen LogP contribution in [0.4, 0.5) is 8.78 Å². The van der Waals surface area contributed by atoms with E-state index in [0.717, 1.165) is 13.0 Å². The quantitative estimate of drug-likeness (QED) is 0.786. The predicted octanol–water partition coefficient (Wildman–Crippen LogP) is 1.89. The zero-order valence-corrected chi connectivity index (χ0v) is 12.8. The van der Waals surface area contributed by atoms with Gasteiger partial charge >= 0.3 is 5.97 Å². The minimum Gasteiger partial charge on any atom is -0.459 e. The molecule has 2 atom stereocenters. The van der Waals surface area contributed by atoms with Crippen LogP contribution in [-0.2, 0) is 9.53 Å². The lowest BCUT2D eigenvalue weighted by molar-refractivity contribution is -0.156. The number of likely N-dealkylation sites (tertiary alicyclic amines) is 1. The van der Waals surface area contributed by atoms with Gasteiger partial charge < -0.3 is 10.1 Å². The van der Waals surface area contributed by atoms with Crippen molar-refractivity contribution in [2.75, 3.05) is 26.2 Å². The van der Waals surface area contributed by atoms with Gasteiger partial charge in [0.15, 0.2) is 0 Å². The molecule has 1 fully saturated rings. The van der Waals surface area contributed by atoms with Gasteiger partial charge in [0.2, 0.25) is 0 Å². The number of carbonyl (C=O) groups excluding carboxylic acids is 1. The van der Waals surface area contributed by atoms with Crippen molar-refractivity contribution in [3.8, 4) is 0 Å². The molecule has 1 heterocycles. The van der Waals surface area contributed by atoms with Gasteiger partial charge in [0, 0.05) is 19.1 Å². The van der Waals surface area contributed by atoms with E-state index in [9.17, 15) is 13.6 Å². The molecule has 0 bridgehead atoms. The molecule has 0 aliphatic carbocycles. The van der Waals surface area contributed by atoms with E-state index < -0.39 is 12.0 Å². The Balaban J connectivity index is 2.43. The number of rotatable bonds is 5. The van der Waals surface area contributed by atoms with Crippen LogP contribution in [0.25, 0.3) is 0 Å². The van der Waals surface area contributed by atoms with Gasteiger partial charge in [-0.25, -0.2) is 8.78 Å². The van der Waals surface area contributed by atoms with Crippen LogP contribution in [0.5, 0.6) is 0 Å². The summed E-state index contributed by atoms with van der Waals surface area (Å²) >= 11 is 0. The van der Waals surface area contributed by atoms with Gasteiger partial charge in [-0.15, -0.1) is 0 Å². The summed E-state index contributed by atoms with van der Waals surface area (Å²) in [5, 5.41) is 2.86. The number of nitrogens with zero attached hydrogens (tertiary/aromatic N) is 1. The van der Waals surface area contributed by atoms with E-state index in [2.05, 4.69) is 12.2 Å². The molecule has 118 valence electrons. The Morgan fingerprint density at radius 3 is 2.60 bits per heavy atom. The van der Waals surface area contributed by atoms with E-state index >= 15 is 0 Å². The van der Waals surface area contributed by atoms with Gasteiger partial charge in [0.1, 0.15) is 5.60 Å². The van der Waals surface area contributed by atoms with E-state index in [0.29, 0.717) is 12.5 Å². The number of halogens is 2. The van der Waals surface area contributed by atoms with Crippen molar-refractivity contribution in [1.82, 2.24) is 10.2 Å². The number of carbonyl (C=O) groups is 1. The Bertz CT molecular complexity index is 319. The maximum absolute atomic E-state index is 12.2. The highest BCUT2D eigenvalue weighted by atomic mass is 19.3. The second-order valence-corrected chi connectivity index (χ2v) is 6.62. The highest BCUT2D eigenvalue weighted by molar-refractivity contribution is 5.72. The van der Waals surface area contributed by atoms with Crippen molar-refractivity contribution in [3.63, 3.8) is 0 Å². The van der Waals surface area contributed by atoms with Gasteiger partial charge in [0.05, 0.1) is 13.1 Å². The Hall–Kier alpha value is -0.750. The molecule has 20 heavy (non-hydrogen) atoms. The third-order valence-corrected chi connectivity index (χ3v) is 3.07. The average Bonchev–Trinajstić information content (AvgIpc) is 2.22. The molecule has 0 amide bonds. The van der Waals surface area contributed by atoms with E-state index in [-0.39, 0.29) is 25.1 Å². The zero-order valence-electron chi connectivity index (χ0n) is 12.8. The number of piperidine rings is 1. The SMILES string of the molecule is CC1CC(NCC(F)F)CN(CC(=O)OC(C)(C)C)C1. The molecule has 0 aromatic heterocycles. The fraction of sp³-hybridized carbons (Fsp3) is 0.929. The van der Waals surface area contributed by atoms with Gasteiger partial charge in [-0.05, 0) is 33.1 Å². The molecular formula is C14H26F2N2O2. The summed E-state index contributed by atoms with van der Waals surface area (Å²) in [7, 11) is 0. The van der Waals surface area contributed by atoms with Crippen molar-refractivity contribution < 1.29 is 18.3 Å². The maximum Gasteiger partial charge on any atom is 0.320 e. The van der Waals surface area contributed by atoms with E-state index in [4.69, 9.17) is 4.74 Å². The number of esters is 1. The normalized spacial score (nSPS) is 24.9. The lowest BCUT2D eigenvalue weighted by Gasteiger charge is -2.36. The summed E-state index contributed by atoms with van der Waals surface area (Å²) in [5.41, 5.74) is -0.494. The molecule has 0 spiro atoms. The van der Waals surface area contributed by atoms with Crippen molar-refractivity contribution in [2.45, 2.75) is 52.2 Å². The van der Waals surface area contributed by atoms with E-state index in [1.807, 2.05) is 25.7 Å². The molecule has 0 aromatic rings. The second kappa shape index (κ2) is 7.31. The van der Waals surface area contributed by atoms with Gasteiger partial charge in [-0.1, -0.05) is 6.92 Å². The summed E-state index contributed by atoms with van der Waals surface area (Å²) in [6.45, 7) is 8.89. The molecule has 0 radical (unpaired) electrons. The molecule has 4 nitrogen and oxygen atoms in total. The third kappa shape index (κ3) is 7.14. The zero-order chi connectivity index (χ0) is 15.3. The van der Waals surface area contributed by atoms with Crippen molar-refractivity contribution in [2.24, 2.45) is 5.92 Å². The van der Waals surface area contributed by atoms with Crippen molar-refractivity contribution >= 4 is 5.97 Å². The molecule has 1 aliphatic rings. The maximum atomic E-state index is 12.2. The van der Waals surface area contributed by atoms with Gasteiger partial charge in [-0.2, -0.15) is 0 Å². The minimum absolute atomic E-state index is 0.00943. The molecule has 1 saturated heterocycles. The highest BCUT2D eigenvalue weighted by Gasteiger charge is 2.27. The summed E-state index contributed by atoms with van der Waals surface area (Å²) in [6.07, 6.45) is -1.48. The summed E-state index contributed by atoms with van der Waals surface area (Å²) < 4.78 is 29.7. The van der Waals surface area contributed by atoms with Crippen molar-refractivity contribution in [3.05, 3.63) is 0 Å². The predicted molar refractivity (Wildman–Crippen MR) is 73.9 cm³/mol. The van der Waals surface area contributed by atoms with E-state index in [1.165, 1.54) is 0 Å². The lowest BCUT2D eigenvalue weighted by atomic mass is 9.96. The first-order valence-electron chi connectivity index (χ1n) is 7.11. The Morgan fingerprint density at radius 2 is 2.05 bits per heavy atom. The van der Waals surface area contributed by atoms with Crippen molar-refractivity contribution in [1.29, 1.82) is 0 Å². The number of nitrogens with one attached hydrogen (secondary N) is 1. The van der Waals surface area contributed by atoms with Crippen LogP contribution < -0.4 is 5.32 Å². The molecule has 2 unspecified atom stereocenters. The molecule has 6 heteroatoms. The fourth-order valence-corrected chi connectivity index (χ4v) is 2.55. The van der Waals surface area contributed by atoms with Crippen LogP contribution in [0.15, 0.2) is 0 Å². The number of ether oxygens (including phenoxy) is 1. The summed E-state index contributed by atoms with van der Waals surface area (Å²) in [5.74, 6) is 0.112. The Labute approximate surface area is 119 Å². The standard InChI is InChI=1S/C14H26F2N2O2/c1-10-5-11(17-6-12(15)16)8-18(7-10)9-13(19)20-14(2,3)4/h10-12,17H,5-9H2,1-4H3. The van der Waals surface area contributed by atoms with Crippen LogP contribution >= 0.6 is 0 Å². The van der Waals surface area contributed by atoms with Crippen LogP contribution in [0, 0.1) is 5.92 Å². The Morgan fingerprint density at radius 1 is 1.40 bits per heavy atom. The third-order valence-electron chi connectivity index (χ3n) is 3.07. The first kappa shape index (κ1) is 17.3. The molecule has 1 rings (SSSR count). The van der Waals surface area contributed by atoms with Crippen LogP contribution in [-0.4, -0.2) is 55.1 Å². The van der Waals surface area contributed by atoms with Crippen LogP contribution in [0.3, 0.4) is 0 Å². The first-order chi connectivity index (χ1) is 9.15. The summed E-state index contributed by atoms with van der Waals surface area (Å²) in [6, 6.07) is 0.00943. The fourth-order valence-electron chi connectivity index (χ4n) is 2.55. The molecule has 1 N–H and O–H groups in total. The summed E-state index contributed by atoms with van der Waals surface area (Å²) in [4.78, 5) is 13.8. The molecule has 1 aliphatic heterocycles. The molecular weight excluding hydrogens is 266 g/mol. The second-order valence-electron chi connectivity index (χ2n) is 6.62. The van der Waals surface area contributed by atoms with Gasteiger partial charge in [-0.3, -0.25) is 9.69 Å². The molecule has 0 aromatic carbocycles. The number of hydrogen-bond donors (Lipinski definition) is 1. The lowest BCUT2D eigenvalue weighted by Crippen LogP contribution is -2.51. The largest absolute Gasteiger partial charge is 0.459 e. The van der Waals surface area contributed by atoms with Crippen LogP contribution in [0.1, 0.15) is 34.1 Å². The van der Waals surface area contributed by atoms with E-state index in [1.54, 1.807) is 0 Å². The number of alkyl halides is 2. The smallest absolute Gasteiger partial charge is 0.320 e. The topological polar surface area (TPSA) is 41.6 Å². The first-order valence-corrected chi connectivity index (χ1v) is 7.11. The highest BCUT2D eigenvalue weighted by Crippen LogP contribution is 2.17. The average molecular weight is 292 g/mol.